The van der Waals surface area contributed by atoms with Crippen molar-refractivity contribution in [2.24, 2.45) is 0 Å². The van der Waals surface area contributed by atoms with E-state index in [4.69, 9.17) is 0 Å². The maximum Gasteiger partial charge on any atom is 2.00 e. The van der Waals surface area contributed by atoms with Crippen LogP contribution in [0.4, 0.5) is 8.78 Å². The zero-order valence-electron chi connectivity index (χ0n) is 8.07. The van der Waals surface area contributed by atoms with Gasteiger partial charge in [0.15, 0.2) is 0 Å². The van der Waals surface area contributed by atoms with Gasteiger partial charge in [0.1, 0.15) is 0 Å². The molecule has 0 heterocycles. The molecule has 0 aromatic carbocycles. The number of rotatable bonds is 0. The largest absolute Gasteiger partial charge is 2.00 e. The molecular weight excluding hydrogens is 330 g/mol. The molecule has 0 N–H and O–H groups in total. The van der Waals surface area contributed by atoms with Crippen LogP contribution in [-0.2, 0) is 21.1 Å². The monoisotopic (exact) mass is 348 g/mol. The van der Waals surface area contributed by atoms with Crippen molar-refractivity contribution in [3.05, 3.63) is 13.8 Å². The fourth-order valence-electron chi connectivity index (χ4n) is 0.920. The smallest absolute Gasteiger partial charge is 0.358 e. The Morgan fingerprint density at radius 3 is 1.92 bits per heavy atom. The van der Waals surface area contributed by atoms with Gasteiger partial charge in [0.05, 0.1) is 0 Å². The first kappa shape index (κ1) is 18.4. The fourth-order valence-corrected chi connectivity index (χ4v) is 0.920. The minimum absolute atomic E-state index is 0. The van der Waals surface area contributed by atoms with Crippen LogP contribution in [0.1, 0.15) is 39.5 Å². The van der Waals surface area contributed by atoms with Gasteiger partial charge in [0, 0.05) is 6.42 Å². The van der Waals surface area contributed by atoms with Gasteiger partial charge in [-0.2, -0.15) is 6.42 Å². The van der Waals surface area contributed by atoms with E-state index in [1.54, 1.807) is 6.42 Å². The molecule has 0 bridgehead atoms. The standard InChI is InChI=1S/C6H9F2.C2H6.CH3.W/c7-6(8)4-2-1-3-5-6;1-2;;/h2H,1,3-5H2;1-2H3;1H3;/q-1;;-1;+2. The summed E-state index contributed by atoms with van der Waals surface area (Å²) in [5.74, 6) is -2.38. The summed E-state index contributed by atoms with van der Waals surface area (Å²) in [6, 6.07) is 0. The van der Waals surface area contributed by atoms with Gasteiger partial charge in [-0.1, -0.05) is 20.3 Å². The van der Waals surface area contributed by atoms with E-state index < -0.39 is 5.92 Å². The molecule has 0 atom stereocenters. The zero-order valence-corrected chi connectivity index (χ0v) is 11.0. The molecule has 0 aromatic heterocycles. The van der Waals surface area contributed by atoms with Gasteiger partial charge < -0.3 is 13.8 Å². The summed E-state index contributed by atoms with van der Waals surface area (Å²) < 4.78 is 24.3. The molecule has 0 nitrogen and oxygen atoms in total. The minimum Gasteiger partial charge on any atom is -0.358 e. The molecule has 12 heavy (non-hydrogen) atoms. The molecule has 0 saturated heterocycles. The van der Waals surface area contributed by atoms with E-state index in [2.05, 4.69) is 0 Å². The number of alkyl halides is 2. The van der Waals surface area contributed by atoms with Crippen molar-refractivity contribution in [3.63, 3.8) is 0 Å². The summed E-state index contributed by atoms with van der Waals surface area (Å²) in [6.45, 7) is 4.00. The van der Waals surface area contributed by atoms with Crippen LogP contribution in [0.15, 0.2) is 0 Å². The van der Waals surface area contributed by atoms with Crippen LogP contribution in [-0.4, -0.2) is 5.92 Å². The maximum atomic E-state index is 12.2. The van der Waals surface area contributed by atoms with Crippen LogP contribution in [0, 0.1) is 13.8 Å². The Hall–Kier alpha value is 0.548. The Kier molecular flexibility index (Phi) is 14.7. The molecule has 1 fully saturated rings. The third kappa shape index (κ3) is 8.64. The molecule has 0 aliphatic heterocycles. The van der Waals surface area contributed by atoms with Crippen molar-refractivity contribution in [2.45, 2.75) is 45.5 Å². The molecule has 0 amide bonds. The molecule has 1 rings (SSSR count). The van der Waals surface area contributed by atoms with Crippen molar-refractivity contribution >= 4 is 0 Å². The van der Waals surface area contributed by atoms with E-state index in [9.17, 15) is 8.78 Å². The molecule has 1 aliphatic rings. The second-order valence-electron chi connectivity index (χ2n) is 2.24. The SMILES string of the molecule is CC.FC1(F)C[CH-]CCC1.[CH3-].[W+2]. The Balaban J connectivity index is -0.000000189. The van der Waals surface area contributed by atoms with Gasteiger partial charge in [0.25, 0.3) is 0 Å². The van der Waals surface area contributed by atoms with Crippen LogP contribution >= 0.6 is 0 Å². The fraction of sp³-hybridized carbons (Fsp3) is 0.778. The molecule has 74 valence electrons. The summed E-state index contributed by atoms with van der Waals surface area (Å²) in [7, 11) is 0. The molecule has 3 heteroatoms. The van der Waals surface area contributed by atoms with E-state index in [1.165, 1.54) is 0 Å². The van der Waals surface area contributed by atoms with Crippen molar-refractivity contribution in [2.75, 3.05) is 0 Å². The first-order valence-corrected chi connectivity index (χ1v) is 3.90. The van der Waals surface area contributed by atoms with E-state index >= 15 is 0 Å². The third-order valence-corrected chi connectivity index (χ3v) is 1.39. The summed E-state index contributed by atoms with van der Waals surface area (Å²) in [5.41, 5.74) is 0. The predicted octanol–water partition coefficient (Wildman–Crippen LogP) is 3.87. The topological polar surface area (TPSA) is 0 Å². The van der Waals surface area contributed by atoms with Crippen molar-refractivity contribution in [1.82, 2.24) is 0 Å². The Morgan fingerprint density at radius 2 is 1.75 bits per heavy atom. The van der Waals surface area contributed by atoms with Crippen LogP contribution in [0.25, 0.3) is 0 Å². The second-order valence-corrected chi connectivity index (χ2v) is 2.24. The van der Waals surface area contributed by atoms with E-state index in [-0.39, 0.29) is 41.3 Å². The summed E-state index contributed by atoms with van der Waals surface area (Å²) in [5, 5.41) is 0. The van der Waals surface area contributed by atoms with Crippen molar-refractivity contribution in [3.8, 4) is 0 Å². The first-order chi connectivity index (χ1) is 4.71. The van der Waals surface area contributed by atoms with Gasteiger partial charge in [-0.25, -0.2) is 8.78 Å². The third-order valence-electron chi connectivity index (χ3n) is 1.39. The Bertz CT molecular complexity index is 76.6. The number of hydrogen-bond acceptors (Lipinski definition) is 0. The van der Waals surface area contributed by atoms with E-state index in [0.29, 0.717) is 6.42 Å². The van der Waals surface area contributed by atoms with Crippen LogP contribution in [0.5, 0.6) is 0 Å². The van der Waals surface area contributed by atoms with Crippen molar-refractivity contribution in [1.29, 1.82) is 0 Å². The van der Waals surface area contributed by atoms with Gasteiger partial charge in [-0.05, 0) is 0 Å². The summed E-state index contributed by atoms with van der Waals surface area (Å²) in [4.78, 5) is 0. The summed E-state index contributed by atoms with van der Waals surface area (Å²) in [6.07, 6.45) is 3.28. The van der Waals surface area contributed by atoms with Crippen LogP contribution in [0.3, 0.4) is 0 Å². The van der Waals surface area contributed by atoms with Gasteiger partial charge in [-0.15, -0.1) is 6.42 Å². The maximum absolute atomic E-state index is 12.2. The average molecular weight is 348 g/mol. The van der Waals surface area contributed by atoms with E-state index in [0.717, 1.165) is 6.42 Å². The van der Waals surface area contributed by atoms with Gasteiger partial charge in [-0.3, -0.25) is 0 Å². The number of halogens is 2. The molecule has 1 aliphatic carbocycles. The average Bonchev–Trinajstić information content (AvgIpc) is 1.92. The zero-order chi connectivity index (χ0) is 8.04. The quantitative estimate of drug-likeness (QED) is 0.583. The predicted molar refractivity (Wildman–Crippen MR) is 45.5 cm³/mol. The van der Waals surface area contributed by atoms with Gasteiger partial charge in [0.2, 0.25) is 5.92 Å². The number of hydrogen-bond donors (Lipinski definition) is 0. The molecule has 0 unspecified atom stereocenters. The molecule has 1 saturated carbocycles. The van der Waals surface area contributed by atoms with E-state index in [1.807, 2.05) is 13.8 Å². The molecule has 0 radical (unpaired) electrons. The normalized spacial score (nSPS) is 19.0. The minimum atomic E-state index is -2.38. The molecular formula is C9H18F2W. The van der Waals surface area contributed by atoms with Crippen LogP contribution in [0.2, 0.25) is 0 Å². The molecule has 0 spiro atoms. The van der Waals surface area contributed by atoms with Gasteiger partial charge >= 0.3 is 21.1 Å². The molecule has 0 aromatic rings. The second kappa shape index (κ2) is 9.63. The Labute approximate surface area is 89.4 Å². The summed E-state index contributed by atoms with van der Waals surface area (Å²) >= 11 is 0. The van der Waals surface area contributed by atoms with Crippen LogP contribution < -0.4 is 0 Å². The first-order valence-electron chi connectivity index (χ1n) is 3.90. The Morgan fingerprint density at radius 1 is 1.25 bits per heavy atom. The van der Waals surface area contributed by atoms with Crippen molar-refractivity contribution < 1.29 is 29.8 Å².